The number of hydrogen-bond acceptors (Lipinski definition) is 5. The molecule has 3 heterocycles. The zero-order valence-electron chi connectivity index (χ0n) is 25.5. The normalized spacial score (nSPS) is 15.2. The molecule has 0 unspecified atom stereocenters. The van der Waals surface area contributed by atoms with Crippen molar-refractivity contribution in [2.75, 3.05) is 24.5 Å². The van der Waals surface area contributed by atoms with Crippen molar-refractivity contribution in [2.24, 2.45) is 13.0 Å². The van der Waals surface area contributed by atoms with Crippen molar-refractivity contribution in [3.63, 3.8) is 0 Å². The lowest BCUT2D eigenvalue weighted by atomic mass is 9.97. The molecule has 2 aromatic heterocycles. The van der Waals surface area contributed by atoms with Gasteiger partial charge in [-0.05, 0) is 73.8 Å². The number of amides is 2. The van der Waals surface area contributed by atoms with Gasteiger partial charge in [0.1, 0.15) is 5.82 Å². The number of halogens is 2. The van der Waals surface area contributed by atoms with Crippen LogP contribution in [0.3, 0.4) is 0 Å². The van der Waals surface area contributed by atoms with Crippen LogP contribution in [0.15, 0.2) is 24.3 Å². The highest BCUT2D eigenvalue weighted by molar-refractivity contribution is 6.36. The summed E-state index contributed by atoms with van der Waals surface area (Å²) < 4.78 is 2.05. The Morgan fingerprint density at radius 3 is 2.66 bits per heavy atom. The fraction of sp³-hybridized carbons (Fsp3) is 0.455. The third-order valence-corrected chi connectivity index (χ3v) is 9.88. The molecule has 4 aromatic rings. The fourth-order valence-corrected chi connectivity index (χ4v) is 6.90. The second-order valence-corrected chi connectivity index (χ2v) is 12.9. The summed E-state index contributed by atoms with van der Waals surface area (Å²) in [5.41, 5.74) is 7.33. The van der Waals surface area contributed by atoms with Gasteiger partial charge in [-0.25, -0.2) is 4.98 Å². The number of aryl methyl sites for hydroxylation is 2. The van der Waals surface area contributed by atoms with E-state index >= 15 is 0 Å². The summed E-state index contributed by atoms with van der Waals surface area (Å²) >= 11 is 13.6. The zero-order valence-corrected chi connectivity index (χ0v) is 27.0. The van der Waals surface area contributed by atoms with Gasteiger partial charge in [-0.2, -0.15) is 5.10 Å². The molecule has 0 bridgehead atoms. The van der Waals surface area contributed by atoms with Gasteiger partial charge in [0.15, 0.2) is 5.69 Å². The highest BCUT2D eigenvalue weighted by Crippen LogP contribution is 2.34. The molecule has 9 nitrogen and oxygen atoms in total. The molecule has 2 aromatic carbocycles. The SMILES string of the molecule is CCCNC(=O)c1cc2nc(Cc3c(Cl)ccc(CNC(=O)c4n[nH]c5c4CCC5)c3Cl)n(C)c2cc1N1CCC(C)CC1. The first-order valence-electron chi connectivity index (χ1n) is 15.6. The molecule has 0 spiro atoms. The van der Waals surface area contributed by atoms with Gasteiger partial charge in [-0.15, -0.1) is 0 Å². The number of carbonyl (C=O) groups is 2. The third-order valence-electron chi connectivity index (χ3n) is 9.06. The number of carbonyl (C=O) groups excluding carboxylic acids is 2. The van der Waals surface area contributed by atoms with Crippen LogP contribution in [-0.2, 0) is 32.9 Å². The standard InChI is InChI=1S/C33H39Cl2N7O2/c1-4-12-36-32(43)23-15-26-28(17-27(23)42-13-10-19(2)11-14-42)41(3)29(38-26)16-22-24(34)9-8-20(30(22)35)18-37-33(44)31-21-6-5-7-25(21)39-40-31/h8-9,15,17,19H,4-7,10-14,16,18H2,1-3H3,(H,36,43)(H,37,44)(H,39,40). The maximum atomic E-state index is 13.3. The van der Waals surface area contributed by atoms with Crippen LogP contribution in [0.4, 0.5) is 5.69 Å². The summed E-state index contributed by atoms with van der Waals surface area (Å²) in [5.74, 6) is 1.17. The Labute approximate surface area is 267 Å². The molecule has 6 rings (SSSR count). The average Bonchev–Trinajstić information content (AvgIpc) is 3.72. The van der Waals surface area contributed by atoms with Crippen LogP contribution in [0.5, 0.6) is 0 Å². The predicted octanol–water partition coefficient (Wildman–Crippen LogP) is 5.99. The lowest BCUT2D eigenvalue weighted by molar-refractivity contribution is 0.0940. The van der Waals surface area contributed by atoms with E-state index in [2.05, 4.69) is 43.3 Å². The molecule has 2 aliphatic rings. The molecule has 0 saturated carbocycles. The average molecular weight is 637 g/mol. The summed E-state index contributed by atoms with van der Waals surface area (Å²) in [6, 6.07) is 7.66. The van der Waals surface area contributed by atoms with Crippen molar-refractivity contribution in [3.8, 4) is 0 Å². The van der Waals surface area contributed by atoms with E-state index < -0.39 is 0 Å². The smallest absolute Gasteiger partial charge is 0.272 e. The van der Waals surface area contributed by atoms with Crippen LogP contribution in [0, 0.1) is 5.92 Å². The quantitative estimate of drug-likeness (QED) is 0.209. The van der Waals surface area contributed by atoms with Crippen LogP contribution >= 0.6 is 23.2 Å². The predicted molar refractivity (Wildman–Crippen MR) is 175 cm³/mol. The molecule has 0 atom stereocenters. The summed E-state index contributed by atoms with van der Waals surface area (Å²) in [4.78, 5) is 33.5. The molecular formula is C33H39Cl2N7O2. The Bertz CT molecular complexity index is 1720. The second-order valence-electron chi connectivity index (χ2n) is 12.1. The summed E-state index contributed by atoms with van der Waals surface area (Å²) in [6.45, 7) is 7.04. The summed E-state index contributed by atoms with van der Waals surface area (Å²) in [5, 5.41) is 14.3. The van der Waals surface area contributed by atoms with E-state index in [1.807, 2.05) is 32.2 Å². The topological polar surface area (TPSA) is 108 Å². The maximum Gasteiger partial charge on any atom is 0.272 e. The first-order chi connectivity index (χ1) is 21.2. The van der Waals surface area contributed by atoms with Crippen LogP contribution < -0.4 is 15.5 Å². The van der Waals surface area contributed by atoms with Crippen LogP contribution in [0.25, 0.3) is 11.0 Å². The molecule has 1 aliphatic heterocycles. The van der Waals surface area contributed by atoms with Gasteiger partial charge < -0.3 is 20.1 Å². The van der Waals surface area contributed by atoms with Crippen molar-refractivity contribution >= 4 is 51.7 Å². The monoisotopic (exact) mass is 635 g/mol. The van der Waals surface area contributed by atoms with Gasteiger partial charge >= 0.3 is 0 Å². The summed E-state index contributed by atoms with van der Waals surface area (Å²) in [6.07, 6.45) is 6.28. The molecule has 0 radical (unpaired) electrons. The molecule has 1 saturated heterocycles. The van der Waals surface area contributed by atoms with E-state index in [9.17, 15) is 9.59 Å². The number of imidazole rings is 1. The minimum atomic E-state index is -0.218. The number of aromatic amines is 1. The highest BCUT2D eigenvalue weighted by atomic mass is 35.5. The van der Waals surface area contributed by atoms with E-state index in [0.29, 0.717) is 40.2 Å². The highest BCUT2D eigenvalue weighted by Gasteiger charge is 2.25. The zero-order chi connectivity index (χ0) is 31.0. The molecule has 1 fully saturated rings. The largest absolute Gasteiger partial charge is 0.371 e. The molecule has 11 heteroatoms. The van der Waals surface area contributed by atoms with Gasteiger partial charge in [0.05, 0.1) is 27.3 Å². The maximum absolute atomic E-state index is 13.3. The number of aromatic nitrogens is 4. The van der Waals surface area contributed by atoms with Gasteiger partial charge in [0.2, 0.25) is 0 Å². The van der Waals surface area contributed by atoms with E-state index in [1.165, 1.54) is 0 Å². The Hall–Kier alpha value is -3.56. The minimum Gasteiger partial charge on any atom is -0.371 e. The van der Waals surface area contributed by atoms with E-state index in [1.54, 1.807) is 0 Å². The Morgan fingerprint density at radius 1 is 1.09 bits per heavy atom. The van der Waals surface area contributed by atoms with Gasteiger partial charge in [-0.3, -0.25) is 14.7 Å². The van der Waals surface area contributed by atoms with Crippen molar-refractivity contribution < 1.29 is 9.59 Å². The number of fused-ring (bicyclic) bond motifs is 2. The Balaban J connectivity index is 1.27. The number of hydrogen-bond donors (Lipinski definition) is 3. The van der Waals surface area contributed by atoms with Gasteiger partial charge in [-0.1, -0.05) is 43.1 Å². The lowest BCUT2D eigenvalue weighted by Crippen LogP contribution is -2.35. The molecule has 2 amide bonds. The number of H-pyrrole nitrogens is 1. The number of anilines is 1. The van der Waals surface area contributed by atoms with Crippen LogP contribution in [0.2, 0.25) is 10.0 Å². The lowest BCUT2D eigenvalue weighted by Gasteiger charge is -2.33. The van der Waals surface area contributed by atoms with Crippen LogP contribution in [0.1, 0.15) is 88.6 Å². The number of benzene rings is 2. The number of piperidine rings is 1. The van der Waals surface area contributed by atoms with Gasteiger partial charge in [0.25, 0.3) is 11.8 Å². The Kier molecular flexibility index (Phi) is 8.87. The molecule has 1 aliphatic carbocycles. The van der Waals surface area contributed by atoms with Crippen molar-refractivity contribution in [1.29, 1.82) is 0 Å². The van der Waals surface area contributed by atoms with Crippen molar-refractivity contribution in [1.82, 2.24) is 30.4 Å². The van der Waals surface area contributed by atoms with Gasteiger partial charge in [0, 0.05) is 55.9 Å². The second kappa shape index (κ2) is 12.8. The summed E-state index contributed by atoms with van der Waals surface area (Å²) in [7, 11) is 1.98. The molecule has 3 N–H and O–H groups in total. The molecule has 44 heavy (non-hydrogen) atoms. The number of nitrogens with zero attached hydrogens (tertiary/aromatic N) is 4. The van der Waals surface area contributed by atoms with E-state index in [0.717, 1.165) is 96.5 Å². The molecular weight excluding hydrogens is 597 g/mol. The molecule has 232 valence electrons. The van der Waals surface area contributed by atoms with Crippen molar-refractivity contribution in [2.45, 2.75) is 65.3 Å². The third kappa shape index (κ3) is 5.92. The van der Waals surface area contributed by atoms with Crippen molar-refractivity contribution in [3.05, 3.63) is 73.8 Å². The first kappa shape index (κ1) is 30.5. The minimum absolute atomic E-state index is 0.0739. The van der Waals surface area contributed by atoms with Crippen LogP contribution in [-0.4, -0.2) is 51.2 Å². The fourth-order valence-electron chi connectivity index (χ4n) is 6.33. The first-order valence-corrected chi connectivity index (χ1v) is 16.3. The van der Waals surface area contributed by atoms with E-state index in [4.69, 9.17) is 28.2 Å². The Morgan fingerprint density at radius 2 is 1.89 bits per heavy atom. The number of nitrogens with one attached hydrogen (secondary N) is 3. The van der Waals surface area contributed by atoms with E-state index in [-0.39, 0.29) is 18.4 Å². The number of rotatable bonds is 9.